The molecule has 3 nitrogen and oxygen atoms in total. The van der Waals surface area contributed by atoms with E-state index in [4.69, 9.17) is 9.26 Å². The van der Waals surface area contributed by atoms with Gasteiger partial charge in [-0.3, -0.25) is 0 Å². The molecule has 7 atom stereocenters. The maximum absolute atomic E-state index is 6.54. The van der Waals surface area contributed by atoms with Crippen LogP contribution in [0.2, 0.25) is 19.6 Å². The summed E-state index contributed by atoms with van der Waals surface area (Å²) in [7, 11) is 0.283. The molecule has 27 heavy (non-hydrogen) atoms. The van der Waals surface area contributed by atoms with Crippen LogP contribution in [0.15, 0.2) is 5.16 Å². The first-order chi connectivity index (χ1) is 12.7. The normalized spacial score (nSPS) is 48.7. The maximum atomic E-state index is 6.54. The highest BCUT2D eigenvalue weighted by Crippen LogP contribution is 2.65. The average Bonchev–Trinajstić information content (AvgIpc) is 2.91. The van der Waals surface area contributed by atoms with Gasteiger partial charge in [-0.15, -0.1) is 0 Å². The molecule has 4 heteroatoms. The highest BCUT2D eigenvalue weighted by Gasteiger charge is 2.59. The number of rotatable bonds is 3. The van der Waals surface area contributed by atoms with Crippen molar-refractivity contribution in [2.45, 2.75) is 97.4 Å². The molecule has 4 fully saturated rings. The second kappa shape index (κ2) is 6.86. The Labute approximate surface area is 167 Å². The summed E-state index contributed by atoms with van der Waals surface area (Å²) >= 11 is 0. The lowest BCUT2D eigenvalue weighted by atomic mass is 9.45. The first-order valence-corrected chi connectivity index (χ1v) is 14.9. The van der Waals surface area contributed by atoms with Gasteiger partial charge in [0.1, 0.15) is 7.11 Å². The van der Waals surface area contributed by atoms with E-state index < -0.39 is 8.32 Å². The fraction of sp³-hybridized carbons (Fsp3) is 0.957. The van der Waals surface area contributed by atoms with E-state index in [0.29, 0.717) is 16.9 Å². The fourth-order valence-electron chi connectivity index (χ4n) is 7.87. The van der Waals surface area contributed by atoms with E-state index in [0.717, 1.165) is 30.1 Å². The summed E-state index contributed by atoms with van der Waals surface area (Å²) in [5.74, 6) is 3.54. The smallest absolute Gasteiger partial charge is 0.184 e. The van der Waals surface area contributed by atoms with Crippen LogP contribution in [0.3, 0.4) is 0 Å². The van der Waals surface area contributed by atoms with Crippen molar-refractivity contribution in [2.24, 2.45) is 39.7 Å². The van der Waals surface area contributed by atoms with Crippen LogP contribution in [-0.4, -0.2) is 27.2 Å². The summed E-state index contributed by atoms with van der Waals surface area (Å²) in [4.78, 5) is 5.21. The predicted molar refractivity (Wildman–Crippen MR) is 114 cm³/mol. The van der Waals surface area contributed by atoms with Crippen molar-refractivity contribution in [1.82, 2.24) is 0 Å². The Kier molecular flexibility index (Phi) is 5.07. The highest BCUT2D eigenvalue weighted by atomic mass is 28.4. The Morgan fingerprint density at radius 2 is 1.74 bits per heavy atom. The second-order valence-electron chi connectivity index (χ2n) is 11.5. The Morgan fingerprint density at radius 3 is 2.44 bits per heavy atom. The average molecular weight is 392 g/mol. The zero-order valence-corrected chi connectivity index (χ0v) is 19.5. The van der Waals surface area contributed by atoms with Crippen LogP contribution in [-0.2, 0) is 9.26 Å². The van der Waals surface area contributed by atoms with Gasteiger partial charge in [0.25, 0.3) is 0 Å². The minimum atomic E-state index is -1.43. The van der Waals surface area contributed by atoms with Crippen molar-refractivity contribution < 1.29 is 9.26 Å². The summed E-state index contributed by atoms with van der Waals surface area (Å²) in [5, 5.41) is 4.46. The molecule has 0 heterocycles. The van der Waals surface area contributed by atoms with Crippen LogP contribution in [0.1, 0.15) is 71.6 Å². The maximum Gasteiger partial charge on any atom is 0.184 e. The molecule has 0 amide bonds. The molecule has 0 aromatic rings. The lowest BCUT2D eigenvalue weighted by molar-refractivity contribution is -0.111. The van der Waals surface area contributed by atoms with Crippen molar-refractivity contribution in [3.8, 4) is 0 Å². The molecule has 0 aliphatic heterocycles. The van der Waals surface area contributed by atoms with Gasteiger partial charge in [-0.25, -0.2) is 0 Å². The van der Waals surface area contributed by atoms with Crippen molar-refractivity contribution >= 4 is 14.0 Å². The highest BCUT2D eigenvalue weighted by molar-refractivity contribution is 6.69. The third-order valence-corrected chi connectivity index (χ3v) is 10.1. The fourth-order valence-corrected chi connectivity index (χ4v) is 9.09. The molecular weight excluding hydrogens is 350 g/mol. The van der Waals surface area contributed by atoms with Crippen LogP contribution in [0.5, 0.6) is 0 Å². The van der Waals surface area contributed by atoms with E-state index in [9.17, 15) is 0 Å². The minimum absolute atomic E-state index is 0.304. The summed E-state index contributed by atoms with van der Waals surface area (Å²) in [6, 6.07) is 0. The van der Waals surface area contributed by atoms with E-state index >= 15 is 0 Å². The van der Waals surface area contributed by atoms with Gasteiger partial charge in [0.2, 0.25) is 0 Å². The zero-order chi connectivity index (χ0) is 19.4. The van der Waals surface area contributed by atoms with Gasteiger partial charge in [-0.2, -0.15) is 0 Å². The molecular formula is C23H41NO2Si. The zero-order valence-electron chi connectivity index (χ0n) is 18.5. The third-order valence-electron chi connectivity index (χ3n) is 9.08. The molecule has 0 unspecified atom stereocenters. The van der Waals surface area contributed by atoms with Gasteiger partial charge in [0.15, 0.2) is 8.32 Å². The van der Waals surface area contributed by atoms with Crippen LogP contribution in [0.4, 0.5) is 0 Å². The Hall–Kier alpha value is -0.353. The molecule has 0 aromatic carbocycles. The lowest BCUT2D eigenvalue weighted by Gasteiger charge is -2.60. The molecule has 4 rings (SSSR count). The van der Waals surface area contributed by atoms with Gasteiger partial charge in [0.05, 0.1) is 5.71 Å². The van der Waals surface area contributed by atoms with Crippen molar-refractivity contribution in [3.05, 3.63) is 0 Å². The topological polar surface area (TPSA) is 30.8 Å². The summed E-state index contributed by atoms with van der Waals surface area (Å²) in [5.41, 5.74) is 2.21. The Morgan fingerprint density at radius 1 is 0.963 bits per heavy atom. The Bertz CT molecular complexity index is 600. The quantitative estimate of drug-likeness (QED) is 0.420. The molecule has 4 aliphatic rings. The molecule has 0 radical (unpaired) electrons. The van der Waals surface area contributed by atoms with Crippen molar-refractivity contribution in [2.75, 3.05) is 7.11 Å². The number of nitrogens with zero attached hydrogens (tertiary/aromatic N) is 1. The third kappa shape index (κ3) is 3.33. The molecule has 0 bridgehead atoms. The van der Waals surface area contributed by atoms with Crippen molar-refractivity contribution in [1.29, 1.82) is 0 Å². The second-order valence-corrected chi connectivity index (χ2v) is 16.0. The summed E-state index contributed by atoms with van der Waals surface area (Å²) in [6.07, 6.45) is 12.6. The van der Waals surface area contributed by atoms with Crippen LogP contribution in [0, 0.1) is 34.5 Å². The largest absolute Gasteiger partial charge is 0.415 e. The molecule has 4 aliphatic carbocycles. The first kappa shape index (κ1) is 19.9. The summed E-state index contributed by atoms with van der Waals surface area (Å²) < 4.78 is 6.54. The van der Waals surface area contributed by atoms with E-state index in [2.05, 4.69) is 38.6 Å². The van der Waals surface area contributed by atoms with E-state index in [-0.39, 0.29) is 0 Å². The molecule has 4 saturated carbocycles. The summed E-state index contributed by atoms with van der Waals surface area (Å²) in [6.45, 7) is 12.2. The number of hydrogen-bond acceptors (Lipinski definition) is 3. The molecule has 0 spiro atoms. The minimum Gasteiger partial charge on any atom is -0.415 e. The predicted octanol–water partition coefficient (Wildman–Crippen LogP) is 6.25. The van der Waals surface area contributed by atoms with Crippen LogP contribution < -0.4 is 0 Å². The van der Waals surface area contributed by atoms with Gasteiger partial charge in [-0.1, -0.05) is 19.0 Å². The number of oxime groups is 1. The molecule has 0 N–H and O–H groups in total. The molecule has 0 saturated heterocycles. The van der Waals surface area contributed by atoms with E-state index in [1.807, 2.05) is 0 Å². The lowest BCUT2D eigenvalue weighted by Crippen LogP contribution is -2.54. The number of fused-ring (bicyclic) bond motifs is 5. The standard InChI is InChI=1S/C23H41NO2Si/c1-22-13-11-17(26-27(4,5)6)15-16(22)7-8-18-19-9-10-21(24-25-3)23(19,2)14-12-20(18)22/h16-20H,7-15H2,1-6H3/b24-21+/t16-,17-,18+,19+,20+,22+,23+/m1/s1. The Balaban J connectivity index is 1.52. The van der Waals surface area contributed by atoms with Gasteiger partial charge >= 0.3 is 0 Å². The monoisotopic (exact) mass is 391 g/mol. The van der Waals surface area contributed by atoms with Gasteiger partial charge < -0.3 is 9.26 Å². The molecule has 0 aromatic heterocycles. The van der Waals surface area contributed by atoms with E-state index in [1.54, 1.807) is 7.11 Å². The first-order valence-electron chi connectivity index (χ1n) is 11.5. The van der Waals surface area contributed by atoms with Gasteiger partial charge in [0, 0.05) is 11.5 Å². The van der Waals surface area contributed by atoms with Crippen molar-refractivity contribution in [3.63, 3.8) is 0 Å². The molecule has 154 valence electrons. The van der Waals surface area contributed by atoms with E-state index in [1.165, 1.54) is 57.1 Å². The van der Waals surface area contributed by atoms with Crippen LogP contribution >= 0.6 is 0 Å². The SMILES string of the molecule is CO/N=C1\CC[C@H]2[C@@H]3CC[C@@H]4C[C@H](O[Si](C)(C)C)CC[C@]4(C)[C@H]3CC[C@]12C. The number of hydrogen-bond donors (Lipinski definition) is 0. The van der Waals surface area contributed by atoms with Crippen LogP contribution in [0.25, 0.3) is 0 Å². The van der Waals surface area contributed by atoms with Gasteiger partial charge in [-0.05, 0) is 107 Å².